The summed E-state index contributed by atoms with van der Waals surface area (Å²) < 4.78 is 0. The third-order valence-corrected chi connectivity index (χ3v) is 4.88. The normalized spacial score (nSPS) is 17.1. The van der Waals surface area contributed by atoms with Crippen LogP contribution in [0, 0.1) is 6.92 Å². The molecule has 4 heteroatoms. The molecule has 1 atom stereocenters. The highest BCUT2D eigenvalue weighted by Gasteiger charge is 2.32. The number of fused-ring (bicyclic) bond motifs is 3. The number of H-pyrrole nitrogens is 1. The number of carbonyl (C=O) groups excluding carboxylic acids is 1. The molecule has 0 saturated heterocycles. The van der Waals surface area contributed by atoms with Crippen molar-refractivity contribution in [3.05, 3.63) is 70.9 Å². The number of benzene rings is 2. The summed E-state index contributed by atoms with van der Waals surface area (Å²) in [7, 11) is 0. The van der Waals surface area contributed by atoms with Crippen LogP contribution in [0.4, 0.5) is 0 Å². The number of rotatable bonds is 2. The smallest absolute Gasteiger partial charge is 0.254 e. The lowest BCUT2D eigenvalue weighted by Gasteiger charge is -2.34. The fraction of sp³-hybridized carbons (Fsp3) is 0.250. The van der Waals surface area contributed by atoms with Gasteiger partial charge in [-0.1, -0.05) is 35.9 Å². The van der Waals surface area contributed by atoms with Crippen molar-refractivity contribution in [2.24, 2.45) is 0 Å². The van der Waals surface area contributed by atoms with Crippen LogP contribution in [0.1, 0.15) is 27.2 Å². The molecule has 2 aromatic carbocycles. The van der Waals surface area contributed by atoms with Gasteiger partial charge in [0.2, 0.25) is 0 Å². The van der Waals surface area contributed by atoms with Crippen LogP contribution >= 0.6 is 0 Å². The quantitative estimate of drug-likeness (QED) is 0.762. The third-order valence-electron chi connectivity index (χ3n) is 4.88. The van der Waals surface area contributed by atoms with Crippen molar-refractivity contribution in [3.8, 4) is 0 Å². The number of aromatic nitrogens is 1. The molecule has 0 bridgehead atoms. The molecule has 1 unspecified atom stereocenters. The first-order chi connectivity index (χ1) is 11.7. The van der Waals surface area contributed by atoms with Gasteiger partial charge in [-0.2, -0.15) is 0 Å². The van der Waals surface area contributed by atoms with Crippen LogP contribution < -0.4 is 0 Å². The maximum Gasteiger partial charge on any atom is 0.254 e. The maximum absolute atomic E-state index is 12.9. The van der Waals surface area contributed by atoms with Gasteiger partial charge in [0.25, 0.3) is 5.91 Å². The molecule has 0 radical (unpaired) electrons. The second-order valence-corrected chi connectivity index (χ2v) is 6.47. The van der Waals surface area contributed by atoms with Crippen molar-refractivity contribution in [2.45, 2.75) is 25.9 Å². The maximum atomic E-state index is 12.9. The Labute approximate surface area is 140 Å². The van der Waals surface area contributed by atoms with Crippen molar-refractivity contribution in [1.29, 1.82) is 0 Å². The zero-order valence-corrected chi connectivity index (χ0v) is 13.6. The Balaban J connectivity index is 1.71. The van der Waals surface area contributed by atoms with E-state index < -0.39 is 0 Å². The monoisotopic (exact) mass is 320 g/mol. The predicted molar refractivity (Wildman–Crippen MR) is 93.9 cm³/mol. The van der Waals surface area contributed by atoms with E-state index in [1.165, 1.54) is 10.9 Å². The van der Waals surface area contributed by atoms with Crippen molar-refractivity contribution < 1.29 is 9.90 Å². The first-order valence-electron chi connectivity index (χ1n) is 8.24. The number of para-hydroxylation sites is 1. The molecular formula is C20H20N2O2. The molecular weight excluding hydrogens is 300 g/mol. The predicted octanol–water partition coefficient (Wildman–Crippen LogP) is 3.04. The fourth-order valence-corrected chi connectivity index (χ4v) is 3.53. The molecule has 1 aliphatic heterocycles. The molecule has 1 aromatic heterocycles. The molecule has 0 spiro atoms. The molecule has 2 N–H and O–H groups in total. The molecule has 122 valence electrons. The molecule has 3 aromatic rings. The van der Waals surface area contributed by atoms with Crippen LogP contribution in [-0.4, -0.2) is 33.5 Å². The van der Waals surface area contributed by atoms with Gasteiger partial charge in [-0.15, -0.1) is 0 Å². The minimum atomic E-state index is -0.189. The van der Waals surface area contributed by atoms with Gasteiger partial charge in [0.05, 0.1) is 19.2 Å². The number of hydrogen-bond acceptors (Lipinski definition) is 2. The number of aryl methyl sites for hydroxylation is 1. The van der Waals surface area contributed by atoms with Crippen LogP contribution in [0.3, 0.4) is 0 Å². The highest BCUT2D eigenvalue weighted by Crippen LogP contribution is 2.30. The summed E-state index contributed by atoms with van der Waals surface area (Å²) in [6.07, 6.45) is 0.674. The van der Waals surface area contributed by atoms with Gasteiger partial charge in [0.15, 0.2) is 0 Å². The number of nitrogens with zero attached hydrogens (tertiary/aromatic N) is 1. The zero-order valence-electron chi connectivity index (χ0n) is 13.6. The van der Waals surface area contributed by atoms with E-state index >= 15 is 0 Å². The molecule has 24 heavy (non-hydrogen) atoms. The summed E-state index contributed by atoms with van der Waals surface area (Å²) in [6.45, 7) is 2.47. The largest absolute Gasteiger partial charge is 0.394 e. The highest BCUT2D eigenvalue weighted by molar-refractivity contribution is 5.95. The zero-order chi connectivity index (χ0) is 16.7. The van der Waals surface area contributed by atoms with E-state index in [4.69, 9.17) is 0 Å². The molecule has 0 saturated carbocycles. The molecule has 4 rings (SSSR count). The second-order valence-electron chi connectivity index (χ2n) is 6.47. The average Bonchev–Trinajstić information content (AvgIpc) is 2.98. The molecule has 2 heterocycles. The Bertz CT molecular complexity index is 896. The Morgan fingerprint density at radius 3 is 2.71 bits per heavy atom. The molecule has 0 fully saturated rings. The lowest BCUT2D eigenvalue weighted by atomic mass is 9.96. The van der Waals surface area contributed by atoms with E-state index in [-0.39, 0.29) is 18.6 Å². The Morgan fingerprint density at radius 2 is 1.96 bits per heavy atom. The number of carbonyl (C=O) groups is 1. The first-order valence-corrected chi connectivity index (χ1v) is 8.24. The lowest BCUT2D eigenvalue weighted by Crippen LogP contribution is -2.46. The Hall–Kier alpha value is -2.59. The summed E-state index contributed by atoms with van der Waals surface area (Å²) >= 11 is 0. The van der Waals surface area contributed by atoms with Gasteiger partial charge in [0, 0.05) is 22.2 Å². The molecule has 0 aliphatic carbocycles. The van der Waals surface area contributed by atoms with Gasteiger partial charge in [0.1, 0.15) is 0 Å². The highest BCUT2D eigenvalue weighted by atomic mass is 16.3. The van der Waals surface area contributed by atoms with Crippen LogP contribution in [0.2, 0.25) is 0 Å². The van der Waals surface area contributed by atoms with Crippen LogP contribution in [0.15, 0.2) is 48.5 Å². The van der Waals surface area contributed by atoms with Gasteiger partial charge in [-0.3, -0.25) is 4.79 Å². The second kappa shape index (κ2) is 5.80. The van der Waals surface area contributed by atoms with Gasteiger partial charge >= 0.3 is 0 Å². The van der Waals surface area contributed by atoms with E-state index in [2.05, 4.69) is 11.1 Å². The summed E-state index contributed by atoms with van der Waals surface area (Å²) in [5, 5.41) is 11.0. The topological polar surface area (TPSA) is 56.3 Å². The van der Waals surface area contributed by atoms with E-state index in [9.17, 15) is 9.90 Å². The molecule has 1 amide bonds. The minimum absolute atomic E-state index is 0.0293. The number of aromatic amines is 1. The number of hydrogen-bond donors (Lipinski definition) is 2. The lowest BCUT2D eigenvalue weighted by molar-refractivity contribution is 0.0541. The van der Waals surface area contributed by atoms with Gasteiger partial charge < -0.3 is 15.0 Å². The summed E-state index contributed by atoms with van der Waals surface area (Å²) in [5.74, 6) is -0.0293. The summed E-state index contributed by atoms with van der Waals surface area (Å²) in [5.41, 5.74) is 5.17. The van der Waals surface area contributed by atoms with Crippen molar-refractivity contribution in [1.82, 2.24) is 9.88 Å². The summed E-state index contributed by atoms with van der Waals surface area (Å²) in [6, 6.07) is 15.6. The number of amides is 1. The van der Waals surface area contributed by atoms with Crippen LogP contribution in [-0.2, 0) is 13.0 Å². The van der Waals surface area contributed by atoms with Crippen molar-refractivity contribution in [3.63, 3.8) is 0 Å². The standard InChI is InChI=1S/C20H20N2O2/c1-13-6-8-14(9-7-13)20(24)22-11-19-17(10-15(22)12-23)16-4-2-3-5-18(16)21-19/h2-9,15,21,23H,10-12H2,1H3. The summed E-state index contributed by atoms with van der Waals surface area (Å²) in [4.78, 5) is 18.1. The van der Waals surface area contributed by atoms with E-state index in [0.717, 1.165) is 16.8 Å². The van der Waals surface area contributed by atoms with Crippen molar-refractivity contribution in [2.75, 3.05) is 6.61 Å². The van der Waals surface area contributed by atoms with Crippen LogP contribution in [0.5, 0.6) is 0 Å². The number of nitrogens with one attached hydrogen (secondary N) is 1. The van der Waals surface area contributed by atoms with Crippen molar-refractivity contribution >= 4 is 16.8 Å². The molecule has 1 aliphatic rings. The van der Waals surface area contributed by atoms with Gasteiger partial charge in [-0.05, 0) is 37.1 Å². The SMILES string of the molecule is Cc1ccc(C(=O)N2Cc3[nH]c4ccccc4c3CC2CO)cc1. The number of aliphatic hydroxyl groups excluding tert-OH is 1. The van der Waals surface area contributed by atoms with Gasteiger partial charge in [-0.25, -0.2) is 0 Å². The fourth-order valence-electron chi connectivity index (χ4n) is 3.53. The third kappa shape index (κ3) is 2.39. The Kier molecular flexibility index (Phi) is 3.62. The molecule has 4 nitrogen and oxygen atoms in total. The Morgan fingerprint density at radius 1 is 1.21 bits per heavy atom. The van der Waals surface area contributed by atoms with E-state index in [1.807, 2.05) is 49.4 Å². The van der Waals surface area contributed by atoms with Crippen LogP contribution in [0.25, 0.3) is 10.9 Å². The van der Waals surface area contributed by atoms with E-state index in [1.54, 1.807) is 4.90 Å². The number of aliphatic hydroxyl groups is 1. The average molecular weight is 320 g/mol. The minimum Gasteiger partial charge on any atom is -0.394 e. The first kappa shape index (κ1) is 15.0. The van der Waals surface area contributed by atoms with E-state index in [0.29, 0.717) is 18.5 Å².